The van der Waals surface area contributed by atoms with E-state index in [9.17, 15) is 8.42 Å². The van der Waals surface area contributed by atoms with Crippen LogP contribution in [0.25, 0.3) is 0 Å². The largest absolute Gasteiger partial charge is 0.383 e. The summed E-state index contributed by atoms with van der Waals surface area (Å²) in [6.45, 7) is 3.32. The van der Waals surface area contributed by atoms with Gasteiger partial charge in [0.05, 0.1) is 12.9 Å². The number of aliphatic imine (C=N–C) groups is 1. The van der Waals surface area contributed by atoms with Gasteiger partial charge in [-0.25, -0.2) is 13.1 Å². The first-order chi connectivity index (χ1) is 7.89. The molecule has 0 fully saturated rings. The summed E-state index contributed by atoms with van der Waals surface area (Å²) in [4.78, 5) is 4.01. The fourth-order valence-corrected chi connectivity index (χ4v) is 1.61. The molecule has 0 aromatic carbocycles. The third-order valence-electron chi connectivity index (χ3n) is 1.81. The van der Waals surface area contributed by atoms with Crippen molar-refractivity contribution < 1.29 is 13.2 Å². The van der Waals surface area contributed by atoms with E-state index in [0.29, 0.717) is 25.7 Å². The molecule has 0 amide bonds. The number of ether oxygens (including phenoxy) is 1. The Morgan fingerprint density at radius 1 is 1.39 bits per heavy atom. The molecule has 110 valence electrons. The summed E-state index contributed by atoms with van der Waals surface area (Å²) in [7, 11) is 0.150. The van der Waals surface area contributed by atoms with Gasteiger partial charge in [-0.05, 0) is 6.92 Å². The van der Waals surface area contributed by atoms with Gasteiger partial charge in [-0.3, -0.25) is 4.99 Å². The van der Waals surface area contributed by atoms with Gasteiger partial charge in [0.1, 0.15) is 0 Å². The van der Waals surface area contributed by atoms with Crippen molar-refractivity contribution in [3.8, 4) is 0 Å². The van der Waals surface area contributed by atoms with E-state index in [2.05, 4.69) is 20.3 Å². The maximum Gasteiger partial charge on any atom is 0.208 e. The van der Waals surface area contributed by atoms with Crippen molar-refractivity contribution in [2.45, 2.75) is 13.0 Å². The number of sulfonamides is 1. The molecule has 18 heavy (non-hydrogen) atoms. The molecule has 0 saturated heterocycles. The summed E-state index contributed by atoms with van der Waals surface area (Å²) in [5, 5.41) is 6.09. The minimum atomic E-state index is -3.13. The molecule has 0 aliphatic carbocycles. The molecule has 0 heterocycles. The Morgan fingerprint density at radius 2 is 2.00 bits per heavy atom. The van der Waals surface area contributed by atoms with E-state index in [1.807, 2.05) is 6.92 Å². The van der Waals surface area contributed by atoms with Gasteiger partial charge < -0.3 is 15.4 Å². The summed E-state index contributed by atoms with van der Waals surface area (Å²) < 4.78 is 29.0. The number of methoxy groups -OCH3 is 1. The lowest BCUT2D eigenvalue weighted by Gasteiger charge is -2.17. The topological polar surface area (TPSA) is 91.8 Å². The molecule has 7 nitrogen and oxygen atoms in total. The minimum Gasteiger partial charge on any atom is -0.383 e. The number of guanidine groups is 1. The van der Waals surface area contributed by atoms with Crippen molar-refractivity contribution in [3.05, 3.63) is 0 Å². The van der Waals surface area contributed by atoms with Crippen LogP contribution in [0.15, 0.2) is 4.99 Å². The Hall–Kier alpha value is -0.130. The summed E-state index contributed by atoms with van der Waals surface area (Å²) in [6.07, 6.45) is 1.13. The fraction of sp³-hybridized carbons (Fsp3) is 0.889. The number of halogens is 1. The Bertz CT molecular complexity index is 335. The van der Waals surface area contributed by atoms with Crippen molar-refractivity contribution >= 4 is 40.0 Å². The monoisotopic (exact) mass is 394 g/mol. The first-order valence-corrected chi connectivity index (χ1v) is 7.19. The third-order valence-corrected chi connectivity index (χ3v) is 2.53. The van der Waals surface area contributed by atoms with Crippen LogP contribution in [-0.4, -0.2) is 60.5 Å². The van der Waals surface area contributed by atoms with Gasteiger partial charge >= 0.3 is 0 Å². The van der Waals surface area contributed by atoms with Crippen LogP contribution >= 0.6 is 24.0 Å². The van der Waals surface area contributed by atoms with Crippen LogP contribution in [0.4, 0.5) is 0 Å². The van der Waals surface area contributed by atoms with Gasteiger partial charge in [-0.15, -0.1) is 24.0 Å². The lowest BCUT2D eigenvalue weighted by atomic mass is 10.4. The molecule has 0 spiro atoms. The van der Waals surface area contributed by atoms with Crippen molar-refractivity contribution in [1.82, 2.24) is 15.4 Å². The molecule has 0 aromatic heterocycles. The highest BCUT2D eigenvalue weighted by atomic mass is 127. The highest BCUT2D eigenvalue weighted by Gasteiger charge is 2.04. The predicted octanol–water partition coefficient (Wildman–Crippen LogP) is -0.646. The van der Waals surface area contributed by atoms with Gasteiger partial charge in [-0.2, -0.15) is 0 Å². The normalized spacial score (nSPS) is 13.7. The highest BCUT2D eigenvalue weighted by molar-refractivity contribution is 14.0. The second-order valence-electron chi connectivity index (χ2n) is 3.67. The second kappa shape index (κ2) is 10.8. The summed E-state index contributed by atoms with van der Waals surface area (Å²) in [5.41, 5.74) is 0. The van der Waals surface area contributed by atoms with Crippen molar-refractivity contribution in [1.29, 1.82) is 0 Å². The van der Waals surface area contributed by atoms with E-state index >= 15 is 0 Å². The molecular weight excluding hydrogens is 371 g/mol. The number of hydrogen-bond acceptors (Lipinski definition) is 4. The van der Waals surface area contributed by atoms with Gasteiger partial charge in [0.15, 0.2) is 5.96 Å². The van der Waals surface area contributed by atoms with Crippen LogP contribution in [0, 0.1) is 0 Å². The highest BCUT2D eigenvalue weighted by Crippen LogP contribution is 1.82. The SMILES string of the molecule is CN=C(NCCNS(C)(=O)=O)NC(C)COC.I. The van der Waals surface area contributed by atoms with Crippen LogP contribution in [0.1, 0.15) is 6.92 Å². The molecule has 0 rings (SSSR count). The van der Waals surface area contributed by atoms with Crippen molar-refractivity contribution in [2.24, 2.45) is 4.99 Å². The van der Waals surface area contributed by atoms with Crippen LogP contribution in [0.2, 0.25) is 0 Å². The Balaban J connectivity index is 0. The molecule has 0 saturated carbocycles. The summed E-state index contributed by atoms with van der Waals surface area (Å²) >= 11 is 0. The first kappa shape index (κ1) is 20.2. The molecule has 0 aliphatic heterocycles. The van der Waals surface area contributed by atoms with Crippen LogP contribution in [-0.2, 0) is 14.8 Å². The Kier molecular flexibility index (Phi) is 12.1. The zero-order valence-electron chi connectivity index (χ0n) is 11.2. The zero-order valence-corrected chi connectivity index (χ0v) is 14.3. The summed E-state index contributed by atoms with van der Waals surface area (Å²) in [5.74, 6) is 0.616. The number of nitrogens with one attached hydrogen (secondary N) is 3. The molecule has 0 aliphatic rings. The average Bonchev–Trinajstić information content (AvgIpc) is 2.21. The van der Waals surface area contributed by atoms with E-state index < -0.39 is 10.0 Å². The van der Waals surface area contributed by atoms with Gasteiger partial charge in [0.2, 0.25) is 10.0 Å². The molecule has 1 atom stereocenters. The van der Waals surface area contributed by atoms with Crippen molar-refractivity contribution in [3.63, 3.8) is 0 Å². The molecule has 0 aromatic rings. The van der Waals surface area contributed by atoms with Gasteiger partial charge in [0, 0.05) is 33.3 Å². The number of rotatable bonds is 7. The maximum absolute atomic E-state index is 10.8. The van der Waals surface area contributed by atoms with Crippen LogP contribution in [0.3, 0.4) is 0 Å². The van der Waals surface area contributed by atoms with Gasteiger partial charge in [-0.1, -0.05) is 0 Å². The van der Waals surface area contributed by atoms with E-state index in [0.717, 1.165) is 6.26 Å². The minimum absolute atomic E-state index is 0. The number of nitrogens with zero attached hydrogens (tertiary/aromatic N) is 1. The predicted molar refractivity (Wildman–Crippen MR) is 84.1 cm³/mol. The van der Waals surface area contributed by atoms with E-state index in [1.54, 1.807) is 14.2 Å². The maximum atomic E-state index is 10.8. The Labute approximate surface area is 126 Å². The molecule has 0 bridgehead atoms. The third kappa shape index (κ3) is 12.3. The molecule has 3 N–H and O–H groups in total. The molecular formula is C9H23IN4O3S. The van der Waals surface area contributed by atoms with E-state index in [4.69, 9.17) is 4.74 Å². The lowest BCUT2D eigenvalue weighted by Crippen LogP contribution is -2.46. The van der Waals surface area contributed by atoms with Crippen LogP contribution in [0.5, 0.6) is 0 Å². The lowest BCUT2D eigenvalue weighted by molar-refractivity contribution is 0.179. The molecule has 1 unspecified atom stereocenters. The Morgan fingerprint density at radius 3 is 2.44 bits per heavy atom. The fourth-order valence-electron chi connectivity index (χ4n) is 1.14. The quantitative estimate of drug-likeness (QED) is 0.231. The van der Waals surface area contributed by atoms with E-state index in [1.165, 1.54) is 0 Å². The average molecular weight is 394 g/mol. The molecule has 9 heteroatoms. The van der Waals surface area contributed by atoms with Crippen molar-refractivity contribution in [2.75, 3.05) is 40.1 Å². The smallest absolute Gasteiger partial charge is 0.208 e. The first-order valence-electron chi connectivity index (χ1n) is 5.29. The summed E-state index contributed by atoms with van der Waals surface area (Å²) in [6, 6.07) is 0.133. The molecule has 0 radical (unpaired) electrons. The number of hydrogen-bond donors (Lipinski definition) is 3. The van der Waals surface area contributed by atoms with Gasteiger partial charge in [0.25, 0.3) is 0 Å². The standard InChI is InChI=1S/C9H22N4O3S.HI/c1-8(7-16-3)13-9(10-2)11-5-6-12-17(4,14)15;/h8,12H,5-7H2,1-4H3,(H2,10,11,13);1H. The van der Waals surface area contributed by atoms with E-state index in [-0.39, 0.29) is 30.0 Å². The zero-order chi connectivity index (χ0) is 13.3. The second-order valence-corrected chi connectivity index (χ2v) is 5.50. The van der Waals surface area contributed by atoms with Crippen LogP contribution < -0.4 is 15.4 Å².